The molecule has 1 saturated carbocycles. The van der Waals surface area contributed by atoms with Crippen molar-refractivity contribution >= 4 is 17.1 Å². The normalized spacial score (nSPS) is 19.6. The lowest BCUT2D eigenvalue weighted by molar-refractivity contribution is -0.120. The number of methoxy groups -OCH3 is 1. The van der Waals surface area contributed by atoms with Crippen LogP contribution in [0.2, 0.25) is 0 Å². The number of carbonyl (C=O) groups is 1. The molecule has 3 heterocycles. The maximum atomic E-state index is 13.7. The predicted octanol–water partition coefficient (Wildman–Crippen LogP) is 3.84. The van der Waals surface area contributed by atoms with E-state index in [0.29, 0.717) is 30.0 Å². The maximum absolute atomic E-state index is 13.7. The third kappa shape index (κ3) is 2.99. The molecule has 7 nitrogen and oxygen atoms in total. The van der Waals surface area contributed by atoms with Gasteiger partial charge < -0.3 is 14.6 Å². The molecule has 2 atom stereocenters. The van der Waals surface area contributed by atoms with E-state index in [4.69, 9.17) is 9.84 Å². The quantitative estimate of drug-likeness (QED) is 0.522. The number of hydrogen-bond donors (Lipinski definition) is 1. The summed E-state index contributed by atoms with van der Waals surface area (Å²) in [5.41, 5.74) is 5.28. The molecule has 1 saturated heterocycles. The first kappa shape index (κ1) is 19.8. The molecule has 0 spiro atoms. The zero-order valence-corrected chi connectivity index (χ0v) is 18.5. The van der Waals surface area contributed by atoms with Crippen molar-refractivity contribution in [2.75, 3.05) is 18.6 Å². The molecule has 2 fully saturated rings. The van der Waals surface area contributed by atoms with E-state index >= 15 is 0 Å². The Hall–Kier alpha value is -3.87. The highest BCUT2D eigenvalue weighted by Crippen LogP contribution is 2.43. The summed E-state index contributed by atoms with van der Waals surface area (Å²) in [4.78, 5) is 31.7. The number of H-pyrrole nitrogens is 1. The molecule has 166 valence electrons. The van der Waals surface area contributed by atoms with Crippen molar-refractivity contribution in [2.45, 2.75) is 25.8 Å². The molecule has 1 aliphatic heterocycles. The van der Waals surface area contributed by atoms with Crippen LogP contribution in [0, 0.1) is 12.8 Å². The number of aromatic nitrogens is 3. The third-order valence-corrected chi connectivity index (χ3v) is 6.97. The summed E-state index contributed by atoms with van der Waals surface area (Å²) < 4.78 is 6.74. The first-order valence-electron chi connectivity index (χ1n) is 11.2. The summed E-state index contributed by atoms with van der Waals surface area (Å²) in [5, 5.41) is 4.81. The molecule has 0 unspecified atom stereocenters. The number of anilines is 1. The van der Waals surface area contributed by atoms with Crippen LogP contribution in [0.5, 0.6) is 5.75 Å². The van der Waals surface area contributed by atoms with Gasteiger partial charge in [0.25, 0.3) is 5.56 Å². The van der Waals surface area contributed by atoms with Crippen LogP contribution in [0.15, 0.2) is 59.4 Å². The van der Waals surface area contributed by atoms with Gasteiger partial charge in [0.15, 0.2) is 5.65 Å². The maximum Gasteiger partial charge on any atom is 0.282 e. The highest BCUT2D eigenvalue weighted by atomic mass is 16.5. The van der Waals surface area contributed by atoms with E-state index in [1.54, 1.807) is 7.11 Å². The zero-order chi connectivity index (χ0) is 22.7. The van der Waals surface area contributed by atoms with Gasteiger partial charge in [-0.3, -0.25) is 9.59 Å². The molecule has 2 aliphatic rings. The Kier molecular flexibility index (Phi) is 4.40. The molecule has 0 radical (unpaired) electrons. The van der Waals surface area contributed by atoms with Crippen LogP contribution < -0.4 is 15.2 Å². The van der Waals surface area contributed by atoms with Gasteiger partial charge in [-0.1, -0.05) is 42.5 Å². The molecule has 33 heavy (non-hydrogen) atoms. The fourth-order valence-electron chi connectivity index (χ4n) is 5.35. The second-order valence-corrected chi connectivity index (χ2v) is 8.89. The number of nitrogens with zero attached hydrogens (tertiary/aromatic N) is 3. The minimum Gasteiger partial charge on any atom is -0.497 e. The second kappa shape index (κ2) is 7.33. The number of hydrogen-bond acceptors (Lipinski definition) is 5. The number of fused-ring (bicyclic) bond motifs is 3. The van der Waals surface area contributed by atoms with Crippen molar-refractivity contribution in [1.29, 1.82) is 0 Å². The van der Waals surface area contributed by atoms with Gasteiger partial charge in [0.1, 0.15) is 22.9 Å². The van der Waals surface area contributed by atoms with Gasteiger partial charge in [-0.2, -0.15) is 9.61 Å². The Morgan fingerprint density at radius 3 is 2.42 bits per heavy atom. The minimum atomic E-state index is -0.171. The summed E-state index contributed by atoms with van der Waals surface area (Å²) >= 11 is 0. The molecule has 2 aromatic carbocycles. The van der Waals surface area contributed by atoms with Gasteiger partial charge in [0.05, 0.1) is 12.7 Å². The lowest BCUT2D eigenvalue weighted by atomic mass is 10.0. The van der Waals surface area contributed by atoms with Crippen molar-refractivity contribution in [3.63, 3.8) is 0 Å². The number of benzene rings is 2. The second-order valence-electron chi connectivity index (χ2n) is 8.89. The van der Waals surface area contributed by atoms with Crippen molar-refractivity contribution in [3.8, 4) is 28.1 Å². The average Bonchev–Trinajstić information content (AvgIpc) is 3.52. The van der Waals surface area contributed by atoms with Crippen LogP contribution in [0.3, 0.4) is 0 Å². The highest BCUT2D eigenvalue weighted by molar-refractivity contribution is 5.92. The van der Waals surface area contributed by atoms with Crippen molar-refractivity contribution in [1.82, 2.24) is 14.6 Å². The van der Waals surface area contributed by atoms with E-state index in [9.17, 15) is 9.59 Å². The van der Waals surface area contributed by atoms with E-state index in [1.807, 2.05) is 61.5 Å². The number of carbonyl (C=O) groups excluding carboxylic acids is 1. The monoisotopic (exact) mass is 440 g/mol. The number of piperidine rings is 1. The van der Waals surface area contributed by atoms with Crippen LogP contribution >= 0.6 is 0 Å². The van der Waals surface area contributed by atoms with Gasteiger partial charge in [-0.05, 0) is 31.0 Å². The number of rotatable bonds is 4. The standard InChI is InChI=1S/C26H24N4O3/c1-15-22(16-8-10-20(33-2)11-9-16)26(32)30-25(27-15)24(23(28-30)17-6-4-3-5-7-17)29-14-18-12-19(29)13-21(18)31/h3-11,18-19,27H,12-14H2,1-2H3/t18-,19-/m1/s1. The SMILES string of the molecule is COc1ccc(-c2c(C)[nH]c3c(N4C[C@H]5C[C@@H]4CC5=O)c(-c4ccccc4)nn3c2=O)cc1. The van der Waals surface area contributed by atoms with Crippen molar-refractivity contribution in [2.24, 2.45) is 5.92 Å². The Balaban J connectivity index is 1.58. The number of nitrogens with one attached hydrogen (secondary N) is 1. The zero-order valence-electron chi connectivity index (χ0n) is 18.5. The fourth-order valence-corrected chi connectivity index (χ4v) is 5.35. The summed E-state index contributed by atoms with van der Waals surface area (Å²) in [6.45, 7) is 2.59. The van der Waals surface area contributed by atoms with E-state index < -0.39 is 0 Å². The fraction of sp³-hybridized carbons (Fsp3) is 0.269. The number of ketones is 1. The first-order valence-corrected chi connectivity index (χ1v) is 11.2. The average molecular weight is 441 g/mol. The predicted molar refractivity (Wildman–Crippen MR) is 127 cm³/mol. The van der Waals surface area contributed by atoms with Gasteiger partial charge in [-0.15, -0.1) is 0 Å². The summed E-state index contributed by atoms with van der Waals surface area (Å²) in [6, 6.07) is 17.5. The molecule has 7 heteroatoms. The molecule has 6 rings (SSSR count). The van der Waals surface area contributed by atoms with Crippen molar-refractivity contribution < 1.29 is 9.53 Å². The molecule has 0 amide bonds. The van der Waals surface area contributed by atoms with Crippen LogP contribution in [-0.2, 0) is 4.79 Å². The van der Waals surface area contributed by atoms with Crippen LogP contribution in [0.1, 0.15) is 18.5 Å². The van der Waals surface area contributed by atoms with E-state index in [-0.39, 0.29) is 17.5 Å². The topological polar surface area (TPSA) is 79.7 Å². The van der Waals surface area contributed by atoms with E-state index in [0.717, 1.165) is 40.4 Å². The van der Waals surface area contributed by atoms with Crippen LogP contribution in [0.4, 0.5) is 5.69 Å². The Morgan fingerprint density at radius 2 is 1.79 bits per heavy atom. The largest absolute Gasteiger partial charge is 0.497 e. The number of ether oxygens (including phenoxy) is 1. The lowest BCUT2D eigenvalue weighted by Crippen LogP contribution is -2.36. The summed E-state index contributed by atoms with van der Waals surface area (Å²) in [6.07, 6.45) is 1.43. The van der Waals surface area contributed by atoms with Gasteiger partial charge in [0.2, 0.25) is 0 Å². The molecular formula is C26H24N4O3. The first-order chi connectivity index (χ1) is 16.0. The smallest absolute Gasteiger partial charge is 0.282 e. The minimum absolute atomic E-state index is 0.0694. The van der Waals surface area contributed by atoms with Gasteiger partial charge >= 0.3 is 0 Å². The number of Topliss-reactive ketones (excluding diaryl/α,β-unsaturated/α-hetero) is 1. The van der Waals surface area contributed by atoms with Gasteiger partial charge in [0, 0.05) is 36.2 Å². The molecule has 2 aromatic heterocycles. The van der Waals surface area contributed by atoms with Gasteiger partial charge in [-0.25, -0.2) is 0 Å². The highest BCUT2D eigenvalue weighted by Gasteiger charge is 2.45. The van der Waals surface area contributed by atoms with E-state index in [1.165, 1.54) is 4.52 Å². The Bertz CT molecular complexity index is 1440. The molecule has 1 N–H and O–H groups in total. The van der Waals surface area contributed by atoms with Crippen molar-refractivity contribution in [3.05, 3.63) is 70.6 Å². The van der Waals surface area contributed by atoms with Crippen LogP contribution in [0.25, 0.3) is 28.0 Å². The molecule has 2 bridgehead atoms. The molecule has 4 aromatic rings. The van der Waals surface area contributed by atoms with Crippen LogP contribution in [-0.4, -0.2) is 40.1 Å². The Labute approximate surface area is 190 Å². The number of aryl methyl sites for hydroxylation is 1. The number of aromatic amines is 1. The summed E-state index contributed by atoms with van der Waals surface area (Å²) in [5.74, 6) is 1.15. The lowest BCUT2D eigenvalue weighted by Gasteiger charge is -2.28. The molecule has 1 aliphatic carbocycles. The molecular weight excluding hydrogens is 416 g/mol. The third-order valence-electron chi connectivity index (χ3n) is 6.97. The summed E-state index contributed by atoms with van der Waals surface area (Å²) in [7, 11) is 1.62. The Morgan fingerprint density at radius 1 is 1.03 bits per heavy atom. The van der Waals surface area contributed by atoms with E-state index in [2.05, 4.69) is 9.88 Å².